The van der Waals surface area contributed by atoms with E-state index in [1.165, 1.54) is 32.1 Å². The molecule has 1 saturated carbocycles. The maximum absolute atomic E-state index is 6.02. The van der Waals surface area contributed by atoms with Crippen molar-refractivity contribution in [1.82, 2.24) is 0 Å². The van der Waals surface area contributed by atoms with E-state index in [9.17, 15) is 0 Å². The van der Waals surface area contributed by atoms with Crippen molar-refractivity contribution >= 4 is 0 Å². The van der Waals surface area contributed by atoms with Crippen molar-refractivity contribution in [3.05, 3.63) is 0 Å². The van der Waals surface area contributed by atoms with Crippen molar-refractivity contribution in [2.45, 2.75) is 64.4 Å². The molecule has 0 bridgehead atoms. The Morgan fingerprint density at radius 2 is 1.80 bits per heavy atom. The molecule has 6 atom stereocenters. The fourth-order valence-electron chi connectivity index (χ4n) is 3.93. The van der Waals surface area contributed by atoms with Crippen molar-refractivity contribution in [1.29, 1.82) is 0 Å². The molecule has 2 heterocycles. The molecule has 0 N–H and O–H groups in total. The van der Waals surface area contributed by atoms with Gasteiger partial charge < -0.3 is 9.47 Å². The topological polar surface area (TPSA) is 18.5 Å². The van der Waals surface area contributed by atoms with Gasteiger partial charge in [-0.15, -0.1) is 0 Å². The normalized spacial score (nSPS) is 54.8. The molecular weight excluding hydrogens is 188 g/mol. The molecule has 2 nitrogen and oxygen atoms in total. The first-order chi connectivity index (χ1) is 7.25. The molecule has 2 heteroatoms. The van der Waals surface area contributed by atoms with E-state index < -0.39 is 0 Å². The molecule has 0 aromatic carbocycles. The van der Waals surface area contributed by atoms with E-state index in [1.807, 2.05) is 0 Å². The molecule has 0 aromatic heterocycles. The summed E-state index contributed by atoms with van der Waals surface area (Å²) in [5.74, 6) is 2.36. The van der Waals surface area contributed by atoms with E-state index in [4.69, 9.17) is 9.47 Å². The van der Waals surface area contributed by atoms with Crippen LogP contribution in [0.2, 0.25) is 0 Å². The lowest BCUT2D eigenvalue weighted by molar-refractivity contribution is -0.168. The average Bonchev–Trinajstić information content (AvgIpc) is 2.43. The first kappa shape index (κ1) is 10.1. The second-order valence-electron chi connectivity index (χ2n) is 5.67. The zero-order chi connectivity index (χ0) is 10.4. The van der Waals surface area contributed by atoms with E-state index in [2.05, 4.69) is 13.8 Å². The minimum absolute atomic E-state index is 0.118. The molecule has 3 fully saturated rings. The van der Waals surface area contributed by atoms with Gasteiger partial charge in [-0.05, 0) is 51.4 Å². The zero-order valence-corrected chi connectivity index (χ0v) is 9.82. The van der Waals surface area contributed by atoms with Gasteiger partial charge in [-0.25, -0.2) is 0 Å². The van der Waals surface area contributed by atoms with Crippen molar-refractivity contribution in [2.24, 2.45) is 17.8 Å². The van der Waals surface area contributed by atoms with Crippen molar-refractivity contribution in [2.75, 3.05) is 0 Å². The quantitative estimate of drug-likeness (QED) is 0.612. The van der Waals surface area contributed by atoms with E-state index in [0.29, 0.717) is 18.1 Å². The van der Waals surface area contributed by atoms with Gasteiger partial charge in [-0.2, -0.15) is 0 Å². The minimum atomic E-state index is 0.118. The van der Waals surface area contributed by atoms with Gasteiger partial charge in [0.15, 0.2) is 6.29 Å². The van der Waals surface area contributed by atoms with Crippen LogP contribution >= 0.6 is 0 Å². The van der Waals surface area contributed by atoms with E-state index in [1.54, 1.807) is 0 Å². The van der Waals surface area contributed by atoms with Crippen LogP contribution in [-0.4, -0.2) is 18.5 Å². The fraction of sp³-hybridized carbons (Fsp3) is 1.00. The Kier molecular flexibility index (Phi) is 2.52. The smallest absolute Gasteiger partial charge is 0.161 e. The molecule has 3 rings (SSSR count). The molecule has 2 saturated heterocycles. The second kappa shape index (κ2) is 3.74. The highest BCUT2D eigenvalue weighted by molar-refractivity contribution is 4.93. The van der Waals surface area contributed by atoms with Crippen molar-refractivity contribution in [3.8, 4) is 0 Å². The third-order valence-electron chi connectivity index (χ3n) is 4.73. The highest BCUT2D eigenvalue weighted by Crippen LogP contribution is 2.49. The molecular formula is C13H22O2. The first-order valence-corrected chi connectivity index (χ1v) is 6.56. The van der Waals surface area contributed by atoms with E-state index in [0.717, 1.165) is 11.8 Å². The summed E-state index contributed by atoms with van der Waals surface area (Å²) in [7, 11) is 0. The molecule has 3 aliphatic rings. The van der Waals surface area contributed by atoms with Crippen molar-refractivity contribution in [3.63, 3.8) is 0 Å². The van der Waals surface area contributed by atoms with Gasteiger partial charge in [0.05, 0.1) is 12.2 Å². The predicted octanol–water partition coefficient (Wildman–Crippen LogP) is 2.96. The van der Waals surface area contributed by atoms with E-state index in [-0.39, 0.29) is 6.29 Å². The molecule has 6 unspecified atom stereocenters. The molecule has 1 aliphatic carbocycles. The first-order valence-electron chi connectivity index (χ1n) is 6.56. The number of rotatable bonds is 0. The summed E-state index contributed by atoms with van der Waals surface area (Å²) in [4.78, 5) is 0. The summed E-state index contributed by atoms with van der Waals surface area (Å²) in [6, 6.07) is 0. The Labute approximate surface area is 92.3 Å². The predicted molar refractivity (Wildman–Crippen MR) is 58.4 cm³/mol. The van der Waals surface area contributed by atoms with Gasteiger partial charge >= 0.3 is 0 Å². The van der Waals surface area contributed by atoms with Crippen LogP contribution in [-0.2, 0) is 9.47 Å². The maximum Gasteiger partial charge on any atom is 0.161 e. The van der Waals surface area contributed by atoms with Crippen LogP contribution in [0.5, 0.6) is 0 Å². The van der Waals surface area contributed by atoms with Gasteiger partial charge in [-0.1, -0.05) is 6.42 Å². The lowest BCUT2D eigenvalue weighted by Gasteiger charge is -2.33. The zero-order valence-electron chi connectivity index (χ0n) is 9.82. The third-order valence-corrected chi connectivity index (χ3v) is 4.73. The highest BCUT2D eigenvalue weighted by atomic mass is 16.7. The Bertz CT molecular complexity index is 241. The Balaban J connectivity index is 1.85. The van der Waals surface area contributed by atoms with Gasteiger partial charge in [0.25, 0.3) is 0 Å². The molecule has 2 aliphatic heterocycles. The molecule has 0 spiro atoms. The average molecular weight is 210 g/mol. The van der Waals surface area contributed by atoms with Gasteiger partial charge in [0.2, 0.25) is 0 Å². The molecule has 0 amide bonds. The Morgan fingerprint density at radius 1 is 0.933 bits per heavy atom. The van der Waals surface area contributed by atoms with Crippen LogP contribution in [0.25, 0.3) is 0 Å². The summed E-state index contributed by atoms with van der Waals surface area (Å²) >= 11 is 0. The van der Waals surface area contributed by atoms with Crippen LogP contribution in [0.4, 0.5) is 0 Å². The summed E-state index contributed by atoms with van der Waals surface area (Å²) in [6.07, 6.45) is 7.69. The molecule has 15 heavy (non-hydrogen) atoms. The number of hydrogen-bond acceptors (Lipinski definition) is 2. The Hall–Kier alpha value is -0.0800. The minimum Gasteiger partial charge on any atom is -0.349 e. The Morgan fingerprint density at radius 3 is 2.67 bits per heavy atom. The lowest BCUT2D eigenvalue weighted by atomic mass is 9.70. The van der Waals surface area contributed by atoms with Crippen LogP contribution in [0, 0.1) is 17.8 Å². The van der Waals surface area contributed by atoms with Gasteiger partial charge in [0, 0.05) is 5.92 Å². The van der Waals surface area contributed by atoms with Crippen LogP contribution in [0.15, 0.2) is 0 Å². The molecule has 86 valence electrons. The molecule has 0 aromatic rings. The van der Waals surface area contributed by atoms with Gasteiger partial charge in [0.1, 0.15) is 0 Å². The van der Waals surface area contributed by atoms with Crippen LogP contribution < -0.4 is 0 Å². The van der Waals surface area contributed by atoms with Crippen LogP contribution in [0.1, 0.15) is 46.0 Å². The highest BCUT2D eigenvalue weighted by Gasteiger charge is 2.49. The summed E-state index contributed by atoms with van der Waals surface area (Å²) < 4.78 is 12.0. The third kappa shape index (κ3) is 1.62. The SMILES string of the molecule is CC1CCC2CCCC3C(C)OC(O1)C23. The second-order valence-corrected chi connectivity index (χ2v) is 5.67. The maximum atomic E-state index is 6.02. The monoisotopic (exact) mass is 210 g/mol. The van der Waals surface area contributed by atoms with E-state index >= 15 is 0 Å². The fourth-order valence-corrected chi connectivity index (χ4v) is 3.93. The summed E-state index contributed by atoms with van der Waals surface area (Å²) in [5, 5.41) is 0. The van der Waals surface area contributed by atoms with Crippen LogP contribution in [0.3, 0.4) is 0 Å². The lowest BCUT2D eigenvalue weighted by Crippen LogP contribution is -2.32. The van der Waals surface area contributed by atoms with Gasteiger partial charge in [-0.3, -0.25) is 0 Å². The number of hydrogen-bond donors (Lipinski definition) is 0. The van der Waals surface area contributed by atoms with Crippen molar-refractivity contribution < 1.29 is 9.47 Å². The standard InChI is InChI=1S/C13H22O2/c1-8-6-7-10-4-3-5-11-9(2)15-13(14-8)12(10)11/h8-13H,3-7H2,1-2H3. The summed E-state index contributed by atoms with van der Waals surface area (Å²) in [6.45, 7) is 4.42. The largest absolute Gasteiger partial charge is 0.349 e. The molecule has 0 radical (unpaired) electrons. The summed E-state index contributed by atoms with van der Waals surface area (Å²) in [5.41, 5.74) is 0. The number of ether oxygens (including phenoxy) is 2.